The number of rotatable bonds is 11. The van der Waals surface area contributed by atoms with E-state index < -0.39 is 5.60 Å². The van der Waals surface area contributed by atoms with Gasteiger partial charge in [-0.15, -0.1) is 0 Å². The van der Waals surface area contributed by atoms with E-state index in [-0.39, 0.29) is 5.92 Å². The lowest BCUT2D eigenvalue weighted by Crippen LogP contribution is -2.45. The van der Waals surface area contributed by atoms with Crippen LogP contribution >= 0.6 is 0 Å². The number of unbranched alkanes of at least 4 members (excludes halogenated alkanes) is 1. The highest BCUT2D eigenvalue weighted by atomic mass is 16.5. The largest absolute Gasteiger partial charge is 0.494 e. The molecule has 4 nitrogen and oxygen atoms in total. The van der Waals surface area contributed by atoms with Gasteiger partial charge in [-0.2, -0.15) is 0 Å². The van der Waals surface area contributed by atoms with E-state index in [4.69, 9.17) is 9.47 Å². The first kappa shape index (κ1) is 22.8. The molecule has 30 heavy (non-hydrogen) atoms. The lowest BCUT2D eigenvalue weighted by molar-refractivity contribution is -0.0285. The number of nitrogens with zero attached hydrogens (tertiary/aromatic N) is 1. The fourth-order valence-electron chi connectivity index (χ4n) is 4.33. The van der Waals surface area contributed by atoms with E-state index in [0.29, 0.717) is 6.42 Å². The smallest absolute Gasteiger partial charge is 0.119 e. The van der Waals surface area contributed by atoms with Crippen LogP contribution in [0.15, 0.2) is 54.6 Å². The third-order valence-corrected chi connectivity index (χ3v) is 6.07. The lowest BCUT2D eigenvalue weighted by atomic mass is 9.74. The second kappa shape index (κ2) is 11.5. The average molecular weight is 412 g/mol. The predicted molar refractivity (Wildman–Crippen MR) is 122 cm³/mol. The summed E-state index contributed by atoms with van der Waals surface area (Å²) in [6.45, 7) is 9.21. The number of morpholine rings is 1. The van der Waals surface area contributed by atoms with Crippen LogP contribution in [0.5, 0.6) is 5.75 Å². The molecule has 0 aliphatic carbocycles. The van der Waals surface area contributed by atoms with Crippen molar-refractivity contribution in [1.82, 2.24) is 4.90 Å². The highest BCUT2D eigenvalue weighted by Crippen LogP contribution is 2.42. The summed E-state index contributed by atoms with van der Waals surface area (Å²) in [5.74, 6) is 0.860. The van der Waals surface area contributed by atoms with Gasteiger partial charge in [0.2, 0.25) is 0 Å². The molecule has 2 aromatic carbocycles. The van der Waals surface area contributed by atoms with Gasteiger partial charge in [0.25, 0.3) is 0 Å². The number of hydrogen-bond acceptors (Lipinski definition) is 4. The van der Waals surface area contributed by atoms with E-state index in [9.17, 15) is 5.11 Å². The van der Waals surface area contributed by atoms with Crippen LogP contribution in [0.1, 0.15) is 56.6 Å². The highest BCUT2D eigenvalue weighted by molar-refractivity contribution is 5.35. The molecule has 0 saturated carbocycles. The van der Waals surface area contributed by atoms with Crippen LogP contribution in [0.4, 0.5) is 0 Å². The summed E-state index contributed by atoms with van der Waals surface area (Å²) in [6, 6.07) is 18.6. The first-order chi connectivity index (χ1) is 14.7. The Labute approximate surface area is 181 Å². The van der Waals surface area contributed by atoms with E-state index in [1.807, 2.05) is 30.3 Å². The van der Waals surface area contributed by atoms with Crippen molar-refractivity contribution in [3.63, 3.8) is 0 Å². The van der Waals surface area contributed by atoms with Crippen molar-refractivity contribution in [2.24, 2.45) is 0 Å². The van der Waals surface area contributed by atoms with E-state index in [1.54, 1.807) is 0 Å². The van der Waals surface area contributed by atoms with Gasteiger partial charge >= 0.3 is 0 Å². The molecule has 1 aliphatic heterocycles. The molecule has 0 unspecified atom stereocenters. The minimum atomic E-state index is -0.934. The monoisotopic (exact) mass is 411 g/mol. The lowest BCUT2D eigenvalue weighted by Gasteiger charge is -2.41. The summed E-state index contributed by atoms with van der Waals surface area (Å²) in [7, 11) is 0. The van der Waals surface area contributed by atoms with Crippen molar-refractivity contribution < 1.29 is 14.6 Å². The Hall–Kier alpha value is -1.88. The molecule has 3 rings (SSSR count). The number of aliphatic hydroxyl groups is 1. The van der Waals surface area contributed by atoms with E-state index >= 15 is 0 Å². The van der Waals surface area contributed by atoms with Crippen LogP contribution in [0.2, 0.25) is 0 Å². The summed E-state index contributed by atoms with van der Waals surface area (Å²) in [4.78, 5) is 2.42. The minimum absolute atomic E-state index is 0.0105. The van der Waals surface area contributed by atoms with Gasteiger partial charge in [-0.25, -0.2) is 0 Å². The molecule has 2 aromatic rings. The van der Waals surface area contributed by atoms with Gasteiger partial charge in [-0.1, -0.05) is 69.2 Å². The van der Waals surface area contributed by atoms with Gasteiger partial charge in [0.15, 0.2) is 0 Å². The summed E-state index contributed by atoms with van der Waals surface area (Å²) >= 11 is 0. The zero-order valence-corrected chi connectivity index (χ0v) is 18.6. The standard InChI is InChI=1S/C26H37NO3/c1-3-5-18-30-24-13-11-23(12-14-24)26(28,15-4-2)25(22-9-7-6-8-10-22)21-27-16-19-29-20-17-27/h6-14,25,28H,3-5,15-21H2,1-2H3/t25-,26-/m1/s1. The molecule has 1 N–H and O–H groups in total. The molecule has 1 heterocycles. The first-order valence-electron chi connectivity index (χ1n) is 11.5. The number of ether oxygens (including phenoxy) is 2. The molecular weight excluding hydrogens is 374 g/mol. The topological polar surface area (TPSA) is 41.9 Å². The summed E-state index contributed by atoms with van der Waals surface area (Å²) < 4.78 is 11.4. The third kappa shape index (κ3) is 5.84. The fourth-order valence-corrected chi connectivity index (χ4v) is 4.33. The van der Waals surface area contributed by atoms with Crippen molar-refractivity contribution in [1.29, 1.82) is 0 Å². The molecule has 0 bridgehead atoms. The van der Waals surface area contributed by atoms with Crippen molar-refractivity contribution >= 4 is 0 Å². The second-order valence-electron chi connectivity index (χ2n) is 8.28. The quantitative estimate of drug-likeness (QED) is 0.530. The summed E-state index contributed by atoms with van der Waals surface area (Å²) in [5, 5.41) is 12.1. The zero-order chi connectivity index (χ0) is 21.2. The molecule has 1 fully saturated rings. The van der Waals surface area contributed by atoms with Crippen molar-refractivity contribution in [2.45, 2.75) is 51.0 Å². The molecule has 164 valence electrons. The van der Waals surface area contributed by atoms with Gasteiger partial charge in [0.05, 0.1) is 25.4 Å². The molecule has 0 radical (unpaired) electrons. The van der Waals surface area contributed by atoms with Gasteiger partial charge in [-0.3, -0.25) is 4.90 Å². The first-order valence-corrected chi connectivity index (χ1v) is 11.5. The molecular formula is C26H37NO3. The van der Waals surface area contributed by atoms with E-state index in [0.717, 1.165) is 70.0 Å². The van der Waals surface area contributed by atoms with Crippen LogP contribution in [0.3, 0.4) is 0 Å². The molecule has 4 heteroatoms. The molecule has 2 atom stereocenters. The maximum absolute atomic E-state index is 12.1. The normalized spacial score (nSPS) is 18.0. The van der Waals surface area contributed by atoms with Crippen LogP contribution in [-0.4, -0.2) is 49.5 Å². The highest BCUT2D eigenvalue weighted by Gasteiger charge is 2.39. The van der Waals surface area contributed by atoms with E-state index in [1.165, 1.54) is 5.56 Å². The zero-order valence-electron chi connectivity index (χ0n) is 18.6. The Morgan fingerprint density at radius 1 is 1.00 bits per heavy atom. The fraction of sp³-hybridized carbons (Fsp3) is 0.538. The predicted octanol–water partition coefficient (Wildman–Crippen LogP) is 4.97. The maximum atomic E-state index is 12.1. The molecule has 1 saturated heterocycles. The third-order valence-electron chi connectivity index (χ3n) is 6.07. The van der Waals surface area contributed by atoms with Crippen molar-refractivity contribution in [3.8, 4) is 5.75 Å². The Morgan fingerprint density at radius 2 is 1.70 bits per heavy atom. The molecule has 0 spiro atoms. The minimum Gasteiger partial charge on any atom is -0.494 e. The SMILES string of the molecule is CCCCOc1ccc([C@](O)(CCC)[C@H](CN2CCOCC2)c2ccccc2)cc1. The summed E-state index contributed by atoms with van der Waals surface area (Å²) in [5.41, 5.74) is 1.22. The average Bonchev–Trinajstić information content (AvgIpc) is 2.79. The molecule has 0 amide bonds. The van der Waals surface area contributed by atoms with Crippen molar-refractivity contribution in [3.05, 3.63) is 65.7 Å². The number of benzene rings is 2. The van der Waals surface area contributed by atoms with Crippen LogP contribution in [-0.2, 0) is 10.3 Å². The van der Waals surface area contributed by atoms with Crippen LogP contribution in [0.25, 0.3) is 0 Å². The van der Waals surface area contributed by atoms with Crippen molar-refractivity contribution in [2.75, 3.05) is 39.5 Å². The van der Waals surface area contributed by atoms with Gasteiger partial charge in [0.1, 0.15) is 5.75 Å². The van der Waals surface area contributed by atoms with Gasteiger partial charge < -0.3 is 14.6 Å². The Bertz CT molecular complexity index is 728. The Balaban J connectivity index is 1.89. The van der Waals surface area contributed by atoms with E-state index in [2.05, 4.69) is 43.0 Å². The Morgan fingerprint density at radius 3 is 2.33 bits per heavy atom. The Kier molecular flexibility index (Phi) is 8.74. The van der Waals surface area contributed by atoms with Crippen LogP contribution in [0, 0.1) is 0 Å². The second-order valence-corrected chi connectivity index (χ2v) is 8.28. The van der Waals surface area contributed by atoms with Crippen LogP contribution < -0.4 is 4.74 Å². The molecule has 0 aromatic heterocycles. The summed E-state index contributed by atoms with van der Waals surface area (Å²) in [6.07, 6.45) is 3.80. The number of hydrogen-bond donors (Lipinski definition) is 1. The maximum Gasteiger partial charge on any atom is 0.119 e. The molecule has 1 aliphatic rings. The van der Waals surface area contributed by atoms with Gasteiger partial charge in [0, 0.05) is 25.6 Å². The van der Waals surface area contributed by atoms with Gasteiger partial charge in [-0.05, 0) is 36.1 Å².